The molecule has 1 atom stereocenters. The highest BCUT2D eigenvalue weighted by atomic mass is 16.3. The normalized spacial score (nSPS) is 13.9. The molecule has 0 spiro atoms. The van der Waals surface area contributed by atoms with Gasteiger partial charge in [-0.05, 0) is 13.0 Å². The van der Waals surface area contributed by atoms with E-state index in [2.05, 4.69) is 4.98 Å². The Hall–Kier alpha value is -3.25. The molecule has 2 heterocycles. The minimum Gasteiger partial charge on any atom is -0.393 e. The van der Waals surface area contributed by atoms with E-state index < -0.39 is 12.0 Å². The summed E-state index contributed by atoms with van der Waals surface area (Å²) in [7, 11) is 0. The molecule has 3 N–H and O–H groups in total. The summed E-state index contributed by atoms with van der Waals surface area (Å²) in [5, 5.41) is 9.91. The summed E-state index contributed by atoms with van der Waals surface area (Å²) in [4.78, 5) is 21.2. The Balaban J connectivity index is 1.99. The quantitative estimate of drug-likeness (QED) is 0.747. The number of hydrogen-bond acceptors (Lipinski definition) is 4. The predicted molar refractivity (Wildman–Crippen MR) is 103 cm³/mol. The Bertz CT molecular complexity index is 1040. The molecule has 1 amide bonds. The number of fused-ring (bicyclic) bond motifs is 3. The van der Waals surface area contributed by atoms with Crippen LogP contribution < -0.4 is 5.73 Å². The zero-order chi connectivity index (χ0) is 19.0. The van der Waals surface area contributed by atoms with E-state index in [0.717, 1.165) is 22.5 Å². The van der Waals surface area contributed by atoms with Crippen LogP contribution in [0.3, 0.4) is 0 Å². The number of carbonyl (C=O) groups excluding carboxylic acids is 1. The number of para-hydroxylation sites is 1. The third kappa shape index (κ3) is 3.04. The number of amides is 1. The van der Waals surface area contributed by atoms with Crippen LogP contribution in [0.25, 0.3) is 5.69 Å². The Morgan fingerprint density at radius 3 is 2.59 bits per heavy atom. The van der Waals surface area contributed by atoms with E-state index in [4.69, 9.17) is 10.7 Å². The number of hydrogen-bond donors (Lipinski definition) is 2. The number of aliphatic hydroxyl groups excluding tert-OH is 1. The number of imidazole rings is 1. The van der Waals surface area contributed by atoms with Gasteiger partial charge in [0.1, 0.15) is 5.82 Å². The van der Waals surface area contributed by atoms with Crippen LogP contribution in [0.15, 0.2) is 59.6 Å². The van der Waals surface area contributed by atoms with E-state index in [1.165, 1.54) is 0 Å². The van der Waals surface area contributed by atoms with Gasteiger partial charge in [-0.3, -0.25) is 14.4 Å². The fourth-order valence-electron chi connectivity index (χ4n) is 3.48. The molecule has 2 aromatic carbocycles. The SMILES string of the molecule is C[C@H](O)Cc1nc(C(N)=O)c2n1-c1ccccc1C(c1ccccc1)=NC2. The number of carbonyl (C=O) groups is 1. The van der Waals surface area contributed by atoms with E-state index >= 15 is 0 Å². The summed E-state index contributed by atoms with van der Waals surface area (Å²) in [6, 6.07) is 17.8. The second-order valence-corrected chi connectivity index (χ2v) is 6.62. The van der Waals surface area contributed by atoms with Crippen LogP contribution >= 0.6 is 0 Å². The largest absolute Gasteiger partial charge is 0.393 e. The molecule has 27 heavy (non-hydrogen) atoms. The van der Waals surface area contributed by atoms with Gasteiger partial charge < -0.3 is 10.8 Å². The van der Waals surface area contributed by atoms with Crippen LogP contribution in [-0.2, 0) is 13.0 Å². The van der Waals surface area contributed by atoms with Crippen LogP contribution in [0.1, 0.15) is 40.1 Å². The van der Waals surface area contributed by atoms with Gasteiger partial charge in [-0.25, -0.2) is 4.98 Å². The monoisotopic (exact) mass is 360 g/mol. The molecule has 6 nitrogen and oxygen atoms in total. The van der Waals surface area contributed by atoms with Crippen molar-refractivity contribution < 1.29 is 9.90 Å². The Morgan fingerprint density at radius 1 is 1.19 bits per heavy atom. The molecule has 0 unspecified atom stereocenters. The first-order valence-corrected chi connectivity index (χ1v) is 8.84. The van der Waals surface area contributed by atoms with Gasteiger partial charge in [-0.2, -0.15) is 0 Å². The molecule has 0 fully saturated rings. The van der Waals surface area contributed by atoms with Crippen molar-refractivity contribution >= 4 is 11.6 Å². The van der Waals surface area contributed by atoms with Gasteiger partial charge >= 0.3 is 0 Å². The van der Waals surface area contributed by atoms with Gasteiger partial charge in [-0.15, -0.1) is 0 Å². The first kappa shape index (κ1) is 17.2. The van der Waals surface area contributed by atoms with E-state index in [-0.39, 0.29) is 12.2 Å². The van der Waals surface area contributed by atoms with Crippen molar-refractivity contribution in [3.63, 3.8) is 0 Å². The van der Waals surface area contributed by atoms with Crippen molar-refractivity contribution in [1.82, 2.24) is 9.55 Å². The predicted octanol–water partition coefficient (Wildman–Crippen LogP) is 2.25. The molecule has 4 rings (SSSR count). The zero-order valence-electron chi connectivity index (χ0n) is 15.0. The van der Waals surface area contributed by atoms with Crippen LogP contribution in [-0.4, -0.2) is 32.4 Å². The van der Waals surface area contributed by atoms with Crippen molar-refractivity contribution in [1.29, 1.82) is 0 Å². The molecule has 136 valence electrons. The van der Waals surface area contributed by atoms with Gasteiger partial charge in [0.2, 0.25) is 0 Å². The summed E-state index contributed by atoms with van der Waals surface area (Å²) in [6.45, 7) is 1.98. The molecule has 6 heteroatoms. The number of aliphatic imine (C=N–C) groups is 1. The molecular formula is C21H20N4O2. The standard InChI is InChI=1S/C21H20N4O2/c1-13(26)11-18-24-20(21(22)27)17-12-23-19(14-7-3-2-4-8-14)15-9-5-6-10-16(15)25(17)18/h2-10,13,26H,11-12H2,1H3,(H2,22,27)/t13-/m0/s1. The zero-order valence-corrected chi connectivity index (χ0v) is 15.0. The lowest BCUT2D eigenvalue weighted by Crippen LogP contribution is -2.14. The number of nitrogens with two attached hydrogens (primary N) is 1. The van der Waals surface area contributed by atoms with Crippen LogP contribution in [0, 0.1) is 0 Å². The molecule has 0 radical (unpaired) electrons. The average molecular weight is 360 g/mol. The second kappa shape index (κ2) is 6.81. The van der Waals surface area contributed by atoms with Gasteiger partial charge in [-0.1, -0.05) is 48.5 Å². The fraction of sp³-hybridized carbons (Fsp3) is 0.190. The van der Waals surface area contributed by atoms with Crippen molar-refractivity contribution in [2.24, 2.45) is 10.7 Å². The Labute approximate surface area is 157 Å². The summed E-state index contributed by atoms with van der Waals surface area (Å²) in [5.41, 5.74) is 10.1. The summed E-state index contributed by atoms with van der Waals surface area (Å²) in [5.74, 6) is 0.0113. The minimum atomic E-state index is -0.595. The first-order valence-electron chi connectivity index (χ1n) is 8.84. The van der Waals surface area contributed by atoms with Gasteiger partial charge in [0, 0.05) is 17.5 Å². The number of aromatic nitrogens is 2. The van der Waals surface area contributed by atoms with Crippen molar-refractivity contribution in [2.75, 3.05) is 0 Å². The highest BCUT2D eigenvalue weighted by molar-refractivity contribution is 6.15. The van der Waals surface area contributed by atoms with Crippen molar-refractivity contribution in [2.45, 2.75) is 26.0 Å². The van der Waals surface area contributed by atoms with E-state index in [1.807, 2.05) is 59.2 Å². The molecule has 3 aromatic rings. The smallest absolute Gasteiger partial charge is 0.269 e. The van der Waals surface area contributed by atoms with Gasteiger partial charge in [0.25, 0.3) is 5.91 Å². The number of benzene rings is 2. The number of rotatable bonds is 4. The molecule has 0 saturated heterocycles. The summed E-state index contributed by atoms with van der Waals surface area (Å²) >= 11 is 0. The van der Waals surface area contributed by atoms with E-state index in [9.17, 15) is 9.90 Å². The molecule has 1 aromatic heterocycles. The molecule has 1 aliphatic rings. The average Bonchev–Trinajstić information content (AvgIpc) is 2.91. The van der Waals surface area contributed by atoms with Crippen molar-refractivity contribution in [3.05, 3.63) is 82.9 Å². The fourth-order valence-corrected chi connectivity index (χ4v) is 3.48. The lowest BCUT2D eigenvalue weighted by molar-refractivity contribution is 0.0994. The summed E-state index contributed by atoms with van der Waals surface area (Å²) in [6.07, 6.45) is -0.280. The first-order chi connectivity index (χ1) is 13.1. The Morgan fingerprint density at radius 2 is 1.89 bits per heavy atom. The molecule has 0 aliphatic carbocycles. The van der Waals surface area contributed by atoms with E-state index in [1.54, 1.807) is 6.92 Å². The highest BCUT2D eigenvalue weighted by Crippen LogP contribution is 2.29. The third-order valence-corrected chi connectivity index (χ3v) is 4.59. The summed E-state index contributed by atoms with van der Waals surface area (Å²) < 4.78 is 1.92. The number of primary amides is 1. The highest BCUT2D eigenvalue weighted by Gasteiger charge is 2.27. The van der Waals surface area contributed by atoms with Gasteiger partial charge in [0.05, 0.1) is 29.7 Å². The number of nitrogens with zero attached hydrogens (tertiary/aromatic N) is 3. The lowest BCUT2D eigenvalue weighted by Gasteiger charge is -2.14. The second-order valence-electron chi connectivity index (χ2n) is 6.62. The van der Waals surface area contributed by atoms with Crippen LogP contribution in [0.5, 0.6) is 0 Å². The van der Waals surface area contributed by atoms with Crippen LogP contribution in [0.2, 0.25) is 0 Å². The maximum atomic E-state index is 12.0. The molecule has 1 aliphatic heterocycles. The van der Waals surface area contributed by atoms with Crippen molar-refractivity contribution in [3.8, 4) is 5.69 Å². The maximum absolute atomic E-state index is 12.0. The molecule has 0 bridgehead atoms. The molecular weight excluding hydrogens is 340 g/mol. The maximum Gasteiger partial charge on any atom is 0.269 e. The lowest BCUT2D eigenvalue weighted by atomic mass is 10.0. The number of aliphatic hydroxyl groups is 1. The van der Waals surface area contributed by atoms with Gasteiger partial charge in [0.15, 0.2) is 5.69 Å². The Kier molecular flexibility index (Phi) is 4.33. The van der Waals surface area contributed by atoms with Crippen LogP contribution in [0.4, 0.5) is 0 Å². The minimum absolute atomic E-state index is 0.207. The van der Waals surface area contributed by atoms with E-state index in [0.29, 0.717) is 17.9 Å². The third-order valence-electron chi connectivity index (χ3n) is 4.59. The molecule has 0 saturated carbocycles. The topological polar surface area (TPSA) is 93.5 Å².